The van der Waals surface area contributed by atoms with Crippen molar-refractivity contribution >= 4 is 34.0 Å². The fourth-order valence-corrected chi connectivity index (χ4v) is 3.97. The van der Waals surface area contributed by atoms with Gasteiger partial charge in [-0.2, -0.15) is 0 Å². The smallest absolute Gasteiger partial charge is 0.140 e. The zero-order chi connectivity index (χ0) is 13.1. The van der Waals surface area contributed by atoms with Crippen molar-refractivity contribution < 1.29 is 5.11 Å². The van der Waals surface area contributed by atoms with E-state index in [9.17, 15) is 5.11 Å². The van der Waals surface area contributed by atoms with E-state index in [0.717, 1.165) is 15.6 Å². The summed E-state index contributed by atoms with van der Waals surface area (Å²) in [6.07, 6.45) is -0.619. The Morgan fingerprint density at radius 3 is 2.74 bits per heavy atom. The predicted molar refractivity (Wildman–Crippen MR) is 81.5 cm³/mol. The van der Waals surface area contributed by atoms with Gasteiger partial charge in [-0.3, -0.25) is 5.32 Å². The van der Waals surface area contributed by atoms with Gasteiger partial charge in [0.2, 0.25) is 0 Å². The van der Waals surface area contributed by atoms with Gasteiger partial charge in [0, 0.05) is 16.8 Å². The molecule has 3 aromatic heterocycles. The van der Waals surface area contributed by atoms with Gasteiger partial charge in [0.1, 0.15) is 11.2 Å². The fourth-order valence-electron chi connectivity index (χ4n) is 1.65. The Labute approximate surface area is 123 Å². The lowest BCUT2D eigenvalue weighted by Crippen LogP contribution is -2.19. The average molecular weight is 308 g/mol. The Morgan fingerprint density at radius 1 is 1.16 bits per heavy atom. The summed E-state index contributed by atoms with van der Waals surface area (Å²) in [6.45, 7) is 0.570. The number of nitrogens with zero attached hydrogens (tertiary/aromatic N) is 1. The highest BCUT2D eigenvalue weighted by Gasteiger charge is 2.09. The molecule has 0 saturated heterocycles. The molecule has 6 heteroatoms. The second-order valence-electron chi connectivity index (χ2n) is 3.92. The topological polar surface area (TPSA) is 45.1 Å². The van der Waals surface area contributed by atoms with Crippen molar-refractivity contribution in [3.05, 3.63) is 51.0 Å². The first-order valence-corrected chi connectivity index (χ1v) is 8.40. The van der Waals surface area contributed by atoms with Crippen LogP contribution in [0.4, 0.5) is 0 Å². The fraction of sp³-hybridized carbons (Fsp3) is 0.154. The van der Waals surface area contributed by atoms with Gasteiger partial charge in [0.15, 0.2) is 0 Å². The Kier molecular flexibility index (Phi) is 4.05. The Hall–Kier alpha value is -1.05. The molecule has 1 atom stereocenters. The normalized spacial score (nSPS) is 12.7. The summed E-state index contributed by atoms with van der Waals surface area (Å²) in [5.74, 6) is 0. The number of hydrogen-bond acceptors (Lipinski definition) is 6. The van der Waals surface area contributed by atoms with Gasteiger partial charge in [0.05, 0.1) is 10.6 Å². The average Bonchev–Trinajstić information content (AvgIpc) is 3.14. The number of aliphatic hydroxyl groups is 1. The summed E-state index contributed by atoms with van der Waals surface area (Å²) in [4.78, 5) is 6.68. The van der Waals surface area contributed by atoms with Gasteiger partial charge < -0.3 is 5.11 Å². The summed E-state index contributed by atoms with van der Waals surface area (Å²) in [5, 5.41) is 20.1. The van der Waals surface area contributed by atoms with Crippen LogP contribution < -0.4 is 5.32 Å². The van der Waals surface area contributed by atoms with Crippen LogP contribution in [-0.4, -0.2) is 10.1 Å². The molecule has 0 aliphatic rings. The highest BCUT2D eigenvalue weighted by molar-refractivity contribution is 7.20. The minimum absolute atomic E-state index is 0.570. The van der Waals surface area contributed by atoms with Crippen LogP contribution in [0.2, 0.25) is 0 Å². The molecular formula is C13H12N2OS3. The minimum Gasteiger partial charge on any atom is -0.373 e. The Bertz CT molecular complexity index is 616. The van der Waals surface area contributed by atoms with Crippen molar-refractivity contribution in [2.24, 2.45) is 0 Å². The van der Waals surface area contributed by atoms with Crippen LogP contribution in [0, 0.1) is 0 Å². The maximum Gasteiger partial charge on any atom is 0.140 e. The molecule has 0 spiro atoms. The van der Waals surface area contributed by atoms with Crippen molar-refractivity contribution in [1.29, 1.82) is 0 Å². The highest BCUT2D eigenvalue weighted by Crippen LogP contribution is 2.28. The maximum atomic E-state index is 9.94. The molecule has 0 amide bonds. The molecule has 0 aromatic carbocycles. The maximum absolute atomic E-state index is 9.94. The molecule has 3 nitrogen and oxygen atoms in total. The van der Waals surface area contributed by atoms with Crippen molar-refractivity contribution in [2.45, 2.75) is 12.8 Å². The van der Waals surface area contributed by atoms with E-state index in [-0.39, 0.29) is 0 Å². The number of thiophene rings is 2. The lowest BCUT2D eigenvalue weighted by Gasteiger charge is -2.09. The number of nitrogens with one attached hydrogen (secondary N) is 1. The van der Waals surface area contributed by atoms with Crippen molar-refractivity contribution in [3.8, 4) is 9.88 Å². The first-order chi connectivity index (χ1) is 9.33. The van der Waals surface area contributed by atoms with Gasteiger partial charge in [0.25, 0.3) is 0 Å². The summed E-state index contributed by atoms with van der Waals surface area (Å²) < 4.78 is 0. The lowest BCUT2D eigenvalue weighted by atomic mass is 10.4. The third-order valence-electron chi connectivity index (χ3n) is 2.57. The number of aliphatic hydroxyl groups excluding tert-OH is 1. The molecule has 3 rings (SSSR count). The summed E-state index contributed by atoms with van der Waals surface area (Å²) in [7, 11) is 0. The van der Waals surface area contributed by atoms with Crippen LogP contribution in [-0.2, 0) is 6.54 Å². The number of thiazole rings is 1. The zero-order valence-electron chi connectivity index (χ0n) is 9.95. The minimum atomic E-state index is -0.619. The molecule has 3 aromatic rings. The van der Waals surface area contributed by atoms with E-state index in [2.05, 4.69) is 21.7 Å². The van der Waals surface area contributed by atoms with Crippen LogP contribution in [0.3, 0.4) is 0 Å². The van der Waals surface area contributed by atoms with E-state index >= 15 is 0 Å². The standard InChI is InChI=1S/C13H12N2OS3/c16-12(10-3-1-5-17-10)14-7-9-8-19-13(15-9)11-4-2-6-18-11/h1-6,8,12,14,16H,7H2. The molecule has 19 heavy (non-hydrogen) atoms. The van der Waals surface area contributed by atoms with E-state index in [1.807, 2.05) is 29.0 Å². The number of rotatable bonds is 5. The van der Waals surface area contributed by atoms with E-state index in [1.54, 1.807) is 34.0 Å². The SMILES string of the molecule is OC(NCc1csc(-c2cccs2)n1)c1cccs1. The van der Waals surface area contributed by atoms with Crippen molar-refractivity contribution in [3.63, 3.8) is 0 Å². The van der Waals surface area contributed by atoms with Gasteiger partial charge >= 0.3 is 0 Å². The predicted octanol–water partition coefficient (Wildman–Crippen LogP) is 3.71. The number of aromatic nitrogens is 1. The molecule has 0 aliphatic carbocycles. The first kappa shape index (κ1) is 13.0. The third kappa shape index (κ3) is 3.10. The molecule has 0 aliphatic heterocycles. The Balaban J connectivity index is 1.62. The van der Waals surface area contributed by atoms with Crippen molar-refractivity contribution in [1.82, 2.24) is 10.3 Å². The van der Waals surface area contributed by atoms with Gasteiger partial charge in [-0.15, -0.1) is 34.0 Å². The second kappa shape index (κ2) is 5.94. The molecule has 98 valence electrons. The van der Waals surface area contributed by atoms with Crippen LogP contribution in [0.1, 0.15) is 16.8 Å². The molecule has 2 N–H and O–H groups in total. The number of hydrogen-bond donors (Lipinski definition) is 2. The molecule has 0 saturated carbocycles. The monoisotopic (exact) mass is 308 g/mol. The van der Waals surface area contributed by atoms with Crippen LogP contribution in [0.25, 0.3) is 9.88 Å². The van der Waals surface area contributed by atoms with E-state index < -0.39 is 6.23 Å². The quantitative estimate of drug-likeness (QED) is 0.706. The third-order valence-corrected chi connectivity index (χ3v) is 5.43. The molecule has 1 unspecified atom stereocenters. The zero-order valence-corrected chi connectivity index (χ0v) is 12.4. The first-order valence-electron chi connectivity index (χ1n) is 5.76. The lowest BCUT2D eigenvalue weighted by molar-refractivity contribution is 0.140. The van der Waals surface area contributed by atoms with Gasteiger partial charge in [-0.25, -0.2) is 4.98 Å². The van der Waals surface area contributed by atoms with Crippen LogP contribution in [0.5, 0.6) is 0 Å². The van der Waals surface area contributed by atoms with Crippen molar-refractivity contribution in [2.75, 3.05) is 0 Å². The molecular weight excluding hydrogens is 296 g/mol. The van der Waals surface area contributed by atoms with E-state index in [0.29, 0.717) is 6.54 Å². The second-order valence-corrected chi connectivity index (χ2v) is 6.71. The van der Waals surface area contributed by atoms with Gasteiger partial charge in [-0.05, 0) is 22.9 Å². The molecule has 0 fully saturated rings. The van der Waals surface area contributed by atoms with Gasteiger partial charge in [-0.1, -0.05) is 12.1 Å². The molecule has 3 heterocycles. The largest absolute Gasteiger partial charge is 0.373 e. The molecule has 0 radical (unpaired) electrons. The Morgan fingerprint density at radius 2 is 2.00 bits per heavy atom. The van der Waals surface area contributed by atoms with E-state index in [4.69, 9.17) is 0 Å². The summed E-state index contributed by atoms with van der Waals surface area (Å²) in [6, 6.07) is 7.95. The highest BCUT2D eigenvalue weighted by atomic mass is 32.1. The van der Waals surface area contributed by atoms with Crippen LogP contribution in [0.15, 0.2) is 40.4 Å². The van der Waals surface area contributed by atoms with E-state index in [1.165, 1.54) is 4.88 Å². The summed E-state index contributed by atoms with van der Waals surface area (Å²) >= 11 is 4.87. The molecule has 0 bridgehead atoms. The summed E-state index contributed by atoms with van der Waals surface area (Å²) in [5.41, 5.74) is 0.962. The van der Waals surface area contributed by atoms with Crippen LogP contribution >= 0.6 is 34.0 Å².